The van der Waals surface area contributed by atoms with Crippen molar-refractivity contribution in [3.63, 3.8) is 0 Å². The predicted molar refractivity (Wildman–Crippen MR) is 101 cm³/mol. The SMILES string of the molecule is CC[C@H](C)NC(=O)c1ccc(CNC(=O)/C=C/c2ccccc2)cc1. The van der Waals surface area contributed by atoms with Crippen LogP contribution in [-0.2, 0) is 11.3 Å². The first kappa shape index (κ1) is 18.5. The largest absolute Gasteiger partial charge is 0.350 e. The van der Waals surface area contributed by atoms with Gasteiger partial charge in [0.15, 0.2) is 0 Å². The van der Waals surface area contributed by atoms with Crippen molar-refractivity contribution in [2.45, 2.75) is 32.9 Å². The fourth-order valence-electron chi connectivity index (χ4n) is 2.17. The fraction of sp³-hybridized carbons (Fsp3) is 0.238. The molecule has 0 saturated heterocycles. The van der Waals surface area contributed by atoms with Crippen LogP contribution < -0.4 is 10.6 Å². The topological polar surface area (TPSA) is 58.2 Å². The van der Waals surface area contributed by atoms with Gasteiger partial charge in [-0.05, 0) is 42.7 Å². The van der Waals surface area contributed by atoms with Gasteiger partial charge in [0.25, 0.3) is 5.91 Å². The van der Waals surface area contributed by atoms with E-state index >= 15 is 0 Å². The third-order valence-corrected chi connectivity index (χ3v) is 3.90. The third-order valence-electron chi connectivity index (χ3n) is 3.90. The Morgan fingerprint density at radius 3 is 2.36 bits per heavy atom. The molecule has 2 rings (SSSR count). The highest BCUT2D eigenvalue weighted by Gasteiger charge is 2.08. The number of carbonyl (C=O) groups is 2. The molecule has 0 spiro atoms. The van der Waals surface area contributed by atoms with Crippen LogP contribution in [0, 0.1) is 0 Å². The van der Waals surface area contributed by atoms with Gasteiger partial charge in [-0.25, -0.2) is 0 Å². The van der Waals surface area contributed by atoms with E-state index in [2.05, 4.69) is 10.6 Å². The number of hydrogen-bond acceptors (Lipinski definition) is 2. The van der Waals surface area contributed by atoms with Gasteiger partial charge in [-0.2, -0.15) is 0 Å². The van der Waals surface area contributed by atoms with E-state index in [1.807, 2.05) is 56.3 Å². The molecule has 25 heavy (non-hydrogen) atoms. The second kappa shape index (κ2) is 9.42. The summed E-state index contributed by atoms with van der Waals surface area (Å²) in [7, 11) is 0. The van der Waals surface area contributed by atoms with Gasteiger partial charge >= 0.3 is 0 Å². The molecule has 0 unspecified atom stereocenters. The molecule has 0 fully saturated rings. The van der Waals surface area contributed by atoms with Crippen LogP contribution in [0.25, 0.3) is 6.08 Å². The minimum absolute atomic E-state index is 0.0734. The molecule has 1 atom stereocenters. The normalized spacial score (nSPS) is 11.9. The summed E-state index contributed by atoms with van der Waals surface area (Å²) in [6.07, 6.45) is 4.19. The first-order valence-electron chi connectivity index (χ1n) is 8.49. The molecular formula is C21H24N2O2. The molecule has 2 N–H and O–H groups in total. The molecule has 0 aliphatic carbocycles. The quantitative estimate of drug-likeness (QED) is 0.760. The second-order valence-corrected chi connectivity index (χ2v) is 5.94. The molecule has 0 radical (unpaired) electrons. The van der Waals surface area contributed by atoms with Gasteiger partial charge in [-0.1, -0.05) is 49.4 Å². The Balaban J connectivity index is 1.84. The van der Waals surface area contributed by atoms with E-state index in [4.69, 9.17) is 0 Å². The Morgan fingerprint density at radius 1 is 1.04 bits per heavy atom. The first-order chi connectivity index (χ1) is 12.1. The van der Waals surface area contributed by atoms with Crippen molar-refractivity contribution in [3.8, 4) is 0 Å². The lowest BCUT2D eigenvalue weighted by molar-refractivity contribution is -0.116. The maximum atomic E-state index is 12.0. The average Bonchev–Trinajstić information content (AvgIpc) is 2.65. The summed E-state index contributed by atoms with van der Waals surface area (Å²) < 4.78 is 0. The number of carbonyl (C=O) groups excluding carboxylic acids is 2. The lowest BCUT2D eigenvalue weighted by atomic mass is 10.1. The molecule has 0 aliphatic heterocycles. The van der Waals surface area contributed by atoms with E-state index in [0.717, 1.165) is 17.5 Å². The molecule has 0 heterocycles. The van der Waals surface area contributed by atoms with Crippen LogP contribution in [-0.4, -0.2) is 17.9 Å². The Bertz CT molecular complexity index is 721. The number of rotatable bonds is 7. The standard InChI is InChI=1S/C21H24N2O2/c1-3-16(2)23-21(25)19-12-9-18(10-13-19)15-22-20(24)14-11-17-7-5-4-6-8-17/h4-14,16H,3,15H2,1-2H3,(H,22,24)(H,23,25)/b14-11+/t16-/m0/s1. The zero-order chi connectivity index (χ0) is 18.1. The fourth-order valence-corrected chi connectivity index (χ4v) is 2.17. The summed E-state index contributed by atoms with van der Waals surface area (Å²) in [6, 6.07) is 17.1. The Kier molecular flexibility index (Phi) is 6.96. The number of nitrogens with one attached hydrogen (secondary N) is 2. The van der Waals surface area contributed by atoms with Crippen LogP contribution in [0.2, 0.25) is 0 Å². The second-order valence-electron chi connectivity index (χ2n) is 5.94. The van der Waals surface area contributed by atoms with Crippen LogP contribution in [0.1, 0.15) is 41.8 Å². The average molecular weight is 336 g/mol. The van der Waals surface area contributed by atoms with Crippen molar-refractivity contribution in [1.29, 1.82) is 0 Å². The van der Waals surface area contributed by atoms with Crippen LogP contribution >= 0.6 is 0 Å². The van der Waals surface area contributed by atoms with Crippen LogP contribution in [0.5, 0.6) is 0 Å². The van der Waals surface area contributed by atoms with Crippen molar-refractivity contribution in [3.05, 3.63) is 77.4 Å². The number of benzene rings is 2. The molecule has 130 valence electrons. The van der Waals surface area contributed by atoms with Crippen molar-refractivity contribution in [2.75, 3.05) is 0 Å². The van der Waals surface area contributed by atoms with Crippen molar-refractivity contribution >= 4 is 17.9 Å². The van der Waals surface area contributed by atoms with Crippen molar-refractivity contribution in [1.82, 2.24) is 10.6 Å². The van der Waals surface area contributed by atoms with E-state index in [1.54, 1.807) is 18.2 Å². The molecule has 0 aromatic heterocycles. The Labute approximate surface area is 149 Å². The lowest BCUT2D eigenvalue weighted by Crippen LogP contribution is -2.31. The van der Waals surface area contributed by atoms with Crippen molar-refractivity contribution < 1.29 is 9.59 Å². The zero-order valence-electron chi connectivity index (χ0n) is 14.7. The Hall–Kier alpha value is -2.88. The first-order valence-corrected chi connectivity index (χ1v) is 8.49. The summed E-state index contributed by atoms with van der Waals surface area (Å²) >= 11 is 0. The number of amides is 2. The summed E-state index contributed by atoms with van der Waals surface area (Å²) in [5.41, 5.74) is 2.55. The summed E-state index contributed by atoms with van der Waals surface area (Å²) in [5.74, 6) is -0.224. The molecule has 2 aromatic carbocycles. The van der Waals surface area contributed by atoms with Gasteiger partial charge in [0.05, 0.1) is 0 Å². The maximum absolute atomic E-state index is 12.0. The highest BCUT2D eigenvalue weighted by molar-refractivity contribution is 5.94. The highest BCUT2D eigenvalue weighted by atomic mass is 16.2. The minimum Gasteiger partial charge on any atom is -0.350 e. The Morgan fingerprint density at radius 2 is 1.72 bits per heavy atom. The van der Waals surface area contributed by atoms with Crippen LogP contribution in [0.3, 0.4) is 0 Å². The zero-order valence-corrected chi connectivity index (χ0v) is 14.7. The van der Waals surface area contributed by atoms with E-state index in [0.29, 0.717) is 12.1 Å². The van der Waals surface area contributed by atoms with Gasteiger partial charge in [-0.3, -0.25) is 9.59 Å². The molecule has 2 amide bonds. The van der Waals surface area contributed by atoms with Gasteiger partial charge in [0, 0.05) is 24.2 Å². The highest BCUT2D eigenvalue weighted by Crippen LogP contribution is 2.06. The maximum Gasteiger partial charge on any atom is 0.251 e. The lowest BCUT2D eigenvalue weighted by Gasteiger charge is -2.11. The van der Waals surface area contributed by atoms with E-state index in [-0.39, 0.29) is 17.9 Å². The molecular weight excluding hydrogens is 312 g/mol. The van der Waals surface area contributed by atoms with Gasteiger partial charge < -0.3 is 10.6 Å². The summed E-state index contributed by atoms with van der Waals surface area (Å²) in [5, 5.41) is 5.76. The van der Waals surface area contributed by atoms with Gasteiger partial charge in [0.2, 0.25) is 5.91 Å². The third kappa shape index (κ3) is 6.26. The van der Waals surface area contributed by atoms with E-state index in [1.165, 1.54) is 6.08 Å². The molecule has 2 aromatic rings. The van der Waals surface area contributed by atoms with E-state index < -0.39 is 0 Å². The van der Waals surface area contributed by atoms with Crippen LogP contribution in [0.4, 0.5) is 0 Å². The van der Waals surface area contributed by atoms with Crippen molar-refractivity contribution in [2.24, 2.45) is 0 Å². The molecule has 4 heteroatoms. The predicted octanol–water partition coefficient (Wildman–Crippen LogP) is 3.54. The molecule has 0 bridgehead atoms. The molecule has 4 nitrogen and oxygen atoms in total. The minimum atomic E-state index is -0.151. The summed E-state index contributed by atoms with van der Waals surface area (Å²) in [6.45, 7) is 4.43. The van der Waals surface area contributed by atoms with E-state index in [9.17, 15) is 9.59 Å². The number of hydrogen-bond donors (Lipinski definition) is 2. The molecule has 0 aliphatic rings. The smallest absolute Gasteiger partial charge is 0.251 e. The molecule has 0 saturated carbocycles. The van der Waals surface area contributed by atoms with Gasteiger partial charge in [-0.15, -0.1) is 0 Å². The summed E-state index contributed by atoms with van der Waals surface area (Å²) in [4.78, 5) is 23.9. The monoisotopic (exact) mass is 336 g/mol. The van der Waals surface area contributed by atoms with Crippen LogP contribution in [0.15, 0.2) is 60.7 Å². The van der Waals surface area contributed by atoms with Gasteiger partial charge in [0.1, 0.15) is 0 Å².